The van der Waals surface area contributed by atoms with Crippen molar-refractivity contribution >= 4 is 11.9 Å². The smallest absolute Gasteiger partial charge is 0.306 e. The zero-order chi connectivity index (χ0) is 18.8. The summed E-state index contributed by atoms with van der Waals surface area (Å²) in [5.74, 6) is -1.13. The minimum Gasteiger partial charge on any atom is -0.481 e. The van der Waals surface area contributed by atoms with Crippen molar-refractivity contribution in [2.75, 3.05) is 19.7 Å². The van der Waals surface area contributed by atoms with E-state index in [9.17, 15) is 9.59 Å². The van der Waals surface area contributed by atoms with E-state index in [4.69, 9.17) is 9.84 Å². The Morgan fingerprint density at radius 2 is 1.88 bits per heavy atom. The summed E-state index contributed by atoms with van der Waals surface area (Å²) < 4.78 is 7.20. The molecule has 1 aromatic carbocycles. The monoisotopic (exact) mass is 357 g/mol. The first kappa shape index (κ1) is 18.1. The molecule has 26 heavy (non-hydrogen) atoms. The zero-order valence-corrected chi connectivity index (χ0v) is 15.2. The number of benzene rings is 1. The second kappa shape index (κ2) is 7.29. The second-order valence-corrected chi connectivity index (χ2v) is 6.77. The van der Waals surface area contributed by atoms with E-state index in [1.165, 1.54) is 0 Å². The number of carboxylic acids is 1. The highest BCUT2D eigenvalue weighted by Crippen LogP contribution is 2.18. The molecule has 1 aliphatic heterocycles. The summed E-state index contributed by atoms with van der Waals surface area (Å²) in [6, 6.07) is 7.91. The van der Waals surface area contributed by atoms with Gasteiger partial charge in [0.2, 0.25) is 0 Å². The number of ether oxygens (including phenoxy) is 1. The van der Waals surface area contributed by atoms with Crippen molar-refractivity contribution in [3.05, 3.63) is 46.8 Å². The van der Waals surface area contributed by atoms with Gasteiger partial charge in [-0.2, -0.15) is 5.10 Å². The second-order valence-electron chi connectivity index (χ2n) is 6.77. The lowest BCUT2D eigenvalue weighted by Gasteiger charge is -2.31. The molecule has 7 nitrogen and oxygen atoms in total. The van der Waals surface area contributed by atoms with Gasteiger partial charge in [-0.15, -0.1) is 0 Å². The van der Waals surface area contributed by atoms with Crippen LogP contribution in [-0.2, 0) is 9.53 Å². The van der Waals surface area contributed by atoms with E-state index in [0.29, 0.717) is 18.8 Å². The number of nitrogens with zero attached hydrogens (tertiary/aromatic N) is 3. The van der Waals surface area contributed by atoms with Crippen LogP contribution in [0.3, 0.4) is 0 Å². The van der Waals surface area contributed by atoms with Crippen molar-refractivity contribution in [1.29, 1.82) is 0 Å². The van der Waals surface area contributed by atoms with Crippen molar-refractivity contribution in [2.45, 2.75) is 33.3 Å². The number of aliphatic carboxylic acids is 1. The molecular formula is C19H23N3O4. The molecule has 138 valence electrons. The summed E-state index contributed by atoms with van der Waals surface area (Å²) in [4.78, 5) is 25.3. The first-order valence-corrected chi connectivity index (χ1v) is 8.61. The predicted octanol–water partition coefficient (Wildman–Crippen LogP) is 2.11. The van der Waals surface area contributed by atoms with E-state index in [-0.39, 0.29) is 18.9 Å². The molecule has 1 amide bonds. The predicted molar refractivity (Wildman–Crippen MR) is 95.7 cm³/mol. The maximum Gasteiger partial charge on any atom is 0.306 e. The number of hydrogen-bond acceptors (Lipinski definition) is 4. The van der Waals surface area contributed by atoms with E-state index >= 15 is 0 Å². The molecule has 1 N–H and O–H groups in total. The van der Waals surface area contributed by atoms with E-state index < -0.39 is 12.1 Å². The van der Waals surface area contributed by atoms with Gasteiger partial charge in [0.25, 0.3) is 5.91 Å². The number of carbonyl (C=O) groups is 2. The molecule has 0 bridgehead atoms. The molecule has 1 saturated heterocycles. The van der Waals surface area contributed by atoms with Gasteiger partial charge in [0, 0.05) is 18.8 Å². The molecule has 2 aromatic rings. The highest BCUT2D eigenvalue weighted by atomic mass is 16.5. The Morgan fingerprint density at radius 3 is 2.54 bits per heavy atom. The van der Waals surface area contributed by atoms with Crippen LogP contribution in [0.1, 0.15) is 33.7 Å². The molecule has 0 radical (unpaired) electrons. The van der Waals surface area contributed by atoms with Gasteiger partial charge < -0.3 is 14.7 Å². The number of morpholine rings is 1. The Bertz CT molecular complexity index is 823. The van der Waals surface area contributed by atoms with Crippen LogP contribution in [0.5, 0.6) is 0 Å². The summed E-state index contributed by atoms with van der Waals surface area (Å²) >= 11 is 0. The number of carbonyl (C=O) groups excluding carboxylic acids is 1. The Kier molecular flexibility index (Phi) is 5.08. The third-order valence-corrected chi connectivity index (χ3v) is 4.39. The van der Waals surface area contributed by atoms with E-state index in [1.807, 2.05) is 32.9 Å². The fourth-order valence-corrected chi connectivity index (χ4v) is 3.30. The van der Waals surface area contributed by atoms with E-state index in [2.05, 4.69) is 11.2 Å². The quantitative estimate of drug-likeness (QED) is 0.906. The highest BCUT2D eigenvalue weighted by molar-refractivity contribution is 5.92. The lowest BCUT2D eigenvalue weighted by atomic mass is 10.1. The van der Waals surface area contributed by atoms with Crippen molar-refractivity contribution in [2.24, 2.45) is 0 Å². The summed E-state index contributed by atoms with van der Waals surface area (Å²) in [6.07, 6.45) is -0.590. The lowest BCUT2D eigenvalue weighted by Crippen LogP contribution is -2.46. The zero-order valence-electron chi connectivity index (χ0n) is 15.2. The average molecular weight is 357 g/mol. The van der Waals surface area contributed by atoms with Gasteiger partial charge in [0.05, 0.1) is 24.8 Å². The van der Waals surface area contributed by atoms with Crippen LogP contribution >= 0.6 is 0 Å². The van der Waals surface area contributed by atoms with Crippen LogP contribution in [-0.4, -0.2) is 57.5 Å². The molecule has 1 unspecified atom stereocenters. The third kappa shape index (κ3) is 3.94. The molecule has 1 atom stereocenters. The van der Waals surface area contributed by atoms with Crippen LogP contribution < -0.4 is 0 Å². The maximum atomic E-state index is 12.8. The normalized spacial score (nSPS) is 17.3. The molecule has 1 aliphatic rings. The molecule has 1 fully saturated rings. The number of aryl methyl sites for hydroxylation is 3. The molecule has 0 saturated carbocycles. The number of amides is 1. The lowest BCUT2D eigenvalue weighted by molar-refractivity contribution is -0.141. The standard InChI is InChI=1S/C19H23N3O4/c1-12-6-13(2)8-15(7-12)22-14(3)9-17(20-22)19(25)21-4-5-26-16(11-21)10-18(23)24/h6-9,16H,4-5,10-11H2,1-3H3,(H,23,24). The molecular weight excluding hydrogens is 334 g/mol. The first-order valence-electron chi connectivity index (χ1n) is 8.61. The maximum absolute atomic E-state index is 12.8. The van der Waals surface area contributed by atoms with Gasteiger partial charge in [-0.05, 0) is 50.1 Å². The van der Waals surface area contributed by atoms with Crippen LogP contribution in [0.2, 0.25) is 0 Å². The van der Waals surface area contributed by atoms with E-state index in [0.717, 1.165) is 22.5 Å². The first-order chi connectivity index (χ1) is 12.3. The van der Waals surface area contributed by atoms with Gasteiger partial charge >= 0.3 is 5.97 Å². The fourth-order valence-electron chi connectivity index (χ4n) is 3.30. The Balaban J connectivity index is 1.81. The SMILES string of the molecule is Cc1cc(C)cc(-n2nc(C(=O)N3CCOC(CC(=O)O)C3)cc2C)c1. The summed E-state index contributed by atoms with van der Waals surface area (Å²) in [6.45, 7) is 6.99. The van der Waals surface area contributed by atoms with Gasteiger partial charge in [0.1, 0.15) is 0 Å². The number of carboxylic acid groups (broad SMARTS) is 1. The highest BCUT2D eigenvalue weighted by Gasteiger charge is 2.28. The molecule has 2 heterocycles. The van der Waals surface area contributed by atoms with Gasteiger partial charge in [-0.25, -0.2) is 4.68 Å². The fraction of sp³-hybridized carbons (Fsp3) is 0.421. The van der Waals surface area contributed by atoms with Gasteiger partial charge in [0.15, 0.2) is 5.69 Å². The van der Waals surface area contributed by atoms with Gasteiger partial charge in [-0.3, -0.25) is 9.59 Å². The molecule has 0 aliphatic carbocycles. The van der Waals surface area contributed by atoms with Gasteiger partial charge in [-0.1, -0.05) is 6.07 Å². The molecule has 3 rings (SSSR count). The van der Waals surface area contributed by atoms with Crippen molar-refractivity contribution in [3.63, 3.8) is 0 Å². The van der Waals surface area contributed by atoms with Crippen LogP contribution in [0.25, 0.3) is 5.69 Å². The minimum atomic E-state index is -0.931. The number of aromatic nitrogens is 2. The third-order valence-electron chi connectivity index (χ3n) is 4.39. The summed E-state index contributed by atoms with van der Waals surface area (Å²) in [7, 11) is 0. The molecule has 0 spiro atoms. The van der Waals surface area contributed by atoms with Crippen LogP contribution in [0.4, 0.5) is 0 Å². The van der Waals surface area contributed by atoms with Crippen molar-refractivity contribution < 1.29 is 19.4 Å². The van der Waals surface area contributed by atoms with Crippen LogP contribution in [0, 0.1) is 20.8 Å². The summed E-state index contributed by atoms with van der Waals surface area (Å²) in [5, 5.41) is 13.4. The van der Waals surface area contributed by atoms with E-state index in [1.54, 1.807) is 15.6 Å². The Labute approximate surface area is 152 Å². The molecule has 1 aromatic heterocycles. The average Bonchev–Trinajstić information content (AvgIpc) is 2.95. The Hall–Kier alpha value is -2.67. The largest absolute Gasteiger partial charge is 0.481 e. The van der Waals surface area contributed by atoms with Crippen molar-refractivity contribution in [3.8, 4) is 5.69 Å². The van der Waals surface area contributed by atoms with Crippen molar-refractivity contribution in [1.82, 2.24) is 14.7 Å². The minimum absolute atomic E-state index is 0.111. The number of hydrogen-bond donors (Lipinski definition) is 1. The number of rotatable bonds is 4. The topological polar surface area (TPSA) is 84.7 Å². The summed E-state index contributed by atoms with van der Waals surface area (Å²) in [5.41, 5.74) is 4.41. The molecule has 7 heteroatoms. The Morgan fingerprint density at radius 1 is 1.19 bits per heavy atom. The van der Waals surface area contributed by atoms with Crippen LogP contribution in [0.15, 0.2) is 24.3 Å².